The Morgan fingerprint density at radius 1 is 0.885 bits per heavy atom. The van der Waals surface area contributed by atoms with E-state index < -0.39 is 25.3 Å². The van der Waals surface area contributed by atoms with Crippen LogP contribution >= 0.6 is 10.7 Å². The van der Waals surface area contributed by atoms with Crippen LogP contribution in [0, 0.1) is 13.8 Å². The van der Waals surface area contributed by atoms with Gasteiger partial charge in [0.1, 0.15) is 0 Å². The molecule has 0 saturated carbocycles. The van der Waals surface area contributed by atoms with Gasteiger partial charge in [-0.2, -0.15) is 8.42 Å². The van der Waals surface area contributed by atoms with Crippen LogP contribution in [0.15, 0.2) is 58.3 Å². The van der Waals surface area contributed by atoms with Gasteiger partial charge >= 0.3 is 0 Å². The van der Waals surface area contributed by atoms with Gasteiger partial charge in [0.05, 0.1) is 22.5 Å². The van der Waals surface area contributed by atoms with Gasteiger partial charge in [-0.15, -0.1) is 0 Å². The van der Waals surface area contributed by atoms with E-state index in [1.807, 2.05) is 13.8 Å². The van der Waals surface area contributed by atoms with Crippen molar-refractivity contribution in [1.29, 1.82) is 0 Å². The molecular formula is C17H21ClO6S2. The average molecular weight is 421 g/mol. The number of hydrogen-bond donors (Lipinski definition) is 1. The van der Waals surface area contributed by atoms with E-state index in [0.29, 0.717) is 0 Å². The molecule has 0 radical (unpaired) electrons. The molecule has 1 N–H and O–H groups in total. The summed E-state index contributed by atoms with van der Waals surface area (Å²) >= 11 is 0. The van der Waals surface area contributed by atoms with Crippen LogP contribution in [-0.2, 0) is 23.4 Å². The van der Waals surface area contributed by atoms with Crippen LogP contribution in [0.4, 0.5) is 0 Å². The maximum Gasteiger partial charge on any atom is 0.297 e. The lowest BCUT2D eigenvalue weighted by Gasteiger charge is -2.07. The minimum Gasteiger partial charge on any atom is -0.391 e. The Bertz CT molecular complexity index is 903. The summed E-state index contributed by atoms with van der Waals surface area (Å²) in [6, 6.07) is 12.7. The van der Waals surface area contributed by atoms with Gasteiger partial charge in [-0.05, 0) is 45.0 Å². The monoisotopic (exact) mass is 420 g/mol. The number of aryl methyl sites for hydroxylation is 2. The molecule has 2 aromatic carbocycles. The number of halogens is 1. The lowest BCUT2D eigenvalue weighted by Crippen LogP contribution is -2.15. The third-order valence-corrected chi connectivity index (χ3v) is 5.74. The first-order valence-corrected chi connectivity index (χ1v) is 11.3. The predicted molar refractivity (Wildman–Crippen MR) is 100 cm³/mol. The van der Waals surface area contributed by atoms with Crippen molar-refractivity contribution in [3.63, 3.8) is 0 Å². The Morgan fingerprint density at radius 3 is 1.62 bits per heavy atom. The van der Waals surface area contributed by atoms with Gasteiger partial charge in [0.15, 0.2) is 0 Å². The smallest absolute Gasteiger partial charge is 0.297 e. The van der Waals surface area contributed by atoms with E-state index in [-0.39, 0.29) is 16.4 Å². The van der Waals surface area contributed by atoms with E-state index in [2.05, 4.69) is 4.18 Å². The molecule has 1 atom stereocenters. The van der Waals surface area contributed by atoms with Crippen molar-refractivity contribution in [3.8, 4) is 0 Å². The molecule has 0 bridgehead atoms. The SMILES string of the molecule is Cc1ccc(S(=O)(=O)Cl)cc1.Cc1ccc(S(=O)(=O)OCC(C)O)cc1. The van der Waals surface area contributed by atoms with Crippen LogP contribution in [0.5, 0.6) is 0 Å². The van der Waals surface area contributed by atoms with Crippen molar-refractivity contribution in [2.24, 2.45) is 0 Å². The Kier molecular flexibility index (Phi) is 8.23. The van der Waals surface area contributed by atoms with Gasteiger partial charge in [0.25, 0.3) is 19.2 Å². The first-order valence-electron chi connectivity index (χ1n) is 7.57. The van der Waals surface area contributed by atoms with Gasteiger partial charge in [-0.25, -0.2) is 8.42 Å². The van der Waals surface area contributed by atoms with E-state index in [1.54, 1.807) is 24.3 Å². The molecule has 2 aromatic rings. The largest absolute Gasteiger partial charge is 0.391 e. The highest BCUT2D eigenvalue weighted by Gasteiger charge is 2.15. The summed E-state index contributed by atoms with van der Waals surface area (Å²) in [7, 11) is -2.20. The van der Waals surface area contributed by atoms with Crippen LogP contribution in [0.1, 0.15) is 18.1 Å². The summed E-state index contributed by atoms with van der Waals surface area (Å²) in [5.41, 5.74) is 1.98. The Labute approximate surface area is 158 Å². The van der Waals surface area contributed by atoms with Crippen molar-refractivity contribution in [2.45, 2.75) is 36.7 Å². The van der Waals surface area contributed by atoms with Gasteiger partial charge in [-0.1, -0.05) is 35.4 Å². The molecule has 1 unspecified atom stereocenters. The first-order chi connectivity index (χ1) is 11.9. The normalized spacial score (nSPS) is 12.8. The fourth-order valence-electron chi connectivity index (χ4n) is 1.66. The van der Waals surface area contributed by atoms with Crippen LogP contribution < -0.4 is 0 Å². The Hall–Kier alpha value is -1.45. The van der Waals surface area contributed by atoms with E-state index in [1.165, 1.54) is 31.2 Å². The maximum absolute atomic E-state index is 11.5. The molecule has 2 rings (SSSR count). The summed E-state index contributed by atoms with van der Waals surface area (Å²) < 4.78 is 49.1. The molecule has 0 amide bonds. The van der Waals surface area contributed by atoms with Crippen molar-refractivity contribution < 1.29 is 26.1 Å². The lowest BCUT2D eigenvalue weighted by atomic mass is 10.2. The topological polar surface area (TPSA) is 97.7 Å². The Balaban J connectivity index is 0.000000273. The van der Waals surface area contributed by atoms with Crippen molar-refractivity contribution >= 4 is 29.9 Å². The van der Waals surface area contributed by atoms with Crippen LogP contribution in [-0.4, -0.2) is 34.7 Å². The zero-order valence-electron chi connectivity index (χ0n) is 14.6. The number of aliphatic hydroxyl groups excluding tert-OH is 1. The number of rotatable bonds is 5. The van der Waals surface area contributed by atoms with Crippen LogP contribution in [0.2, 0.25) is 0 Å². The van der Waals surface area contributed by atoms with Crippen molar-refractivity contribution in [1.82, 2.24) is 0 Å². The van der Waals surface area contributed by atoms with Crippen LogP contribution in [0.3, 0.4) is 0 Å². The van der Waals surface area contributed by atoms with Gasteiger partial charge in [0.2, 0.25) is 0 Å². The minimum atomic E-state index is -3.73. The van der Waals surface area contributed by atoms with Crippen LogP contribution in [0.25, 0.3) is 0 Å². The Morgan fingerprint density at radius 2 is 1.27 bits per heavy atom. The van der Waals surface area contributed by atoms with E-state index in [4.69, 9.17) is 15.8 Å². The fraction of sp³-hybridized carbons (Fsp3) is 0.294. The van der Waals surface area contributed by atoms with E-state index >= 15 is 0 Å². The average Bonchev–Trinajstić information content (AvgIpc) is 2.54. The summed E-state index contributed by atoms with van der Waals surface area (Å²) in [6.07, 6.45) is -0.801. The standard InChI is InChI=1S/C10H14O4S.C7H7ClO2S/c1-8-3-5-10(6-4-8)15(12,13)14-7-9(2)11;1-6-2-4-7(5-3-6)11(8,9)10/h3-6,9,11H,7H2,1-2H3;2-5H,1H3. The molecule has 26 heavy (non-hydrogen) atoms. The van der Waals surface area contributed by atoms with Gasteiger partial charge in [-0.3, -0.25) is 4.18 Å². The molecule has 0 spiro atoms. The minimum absolute atomic E-state index is 0.105. The van der Waals surface area contributed by atoms with Gasteiger partial charge in [0, 0.05) is 10.7 Å². The maximum atomic E-state index is 11.5. The molecule has 0 aliphatic carbocycles. The summed E-state index contributed by atoms with van der Waals surface area (Å²) in [5.74, 6) is 0. The molecule has 0 aromatic heterocycles. The predicted octanol–water partition coefficient (Wildman–Crippen LogP) is 3.00. The van der Waals surface area contributed by atoms with Gasteiger partial charge < -0.3 is 5.11 Å². The van der Waals surface area contributed by atoms with Crippen molar-refractivity contribution in [3.05, 3.63) is 59.7 Å². The fourth-order valence-corrected chi connectivity index (χ4v) is 3.41. The first kappa shape index (κ1) is 22.6. The summed E-state index contributed by atoms with van der Waals surface area (Å²) in [5, 5.41) is 8.92. The molecule has 0 heterocycles. The van der Waals surface area contributed by atoms with E-state index in [0.717, 1.165) is 11.1 Å². The molecule has 6 nitrogen and oxygen atoms in total. The lowest BCUT2D eigenvalue weighted by molar-refractivity contribution is 0.126. The van der Waals surface area contributed by atoms with Crippen molar-refractivity contribution in [2.75, 3.05) is 6.61 Å². The molecule has 0 fully saturated rings. The molecule has 0 aliphatic rings. The molecule has 0 aliphatic heterocycles. The second-order valence-corrected chi connectivity index (χ2v) is 9.83. The molecule has 9 heteroatoms. The molecular weight excluding hydrogens is 400 g/mol. The number of hydrogen-bond acceptors (Lipinski definition) is 6. The zero-order chi connectivity index (χ0) is 20.0. The second kappa shape index (κ2) is 9.48. The highest BCUT2D eigenvalue weighted by molar-refractivity contribution is 8.13. The highest BCUT2D eigenvalue weighted by atomic mass is 35.7. The molecule has 0 saturated heterocycles. The third-order valence-electron chi connectivity index (χ3n) is 3.08. The third kappa shape index (κ3) is 7.84. The van der Waals surface area contributed by atoms with E-state index in [9.17, 15) is 16.8 Å². The quantitative estimate of drug-likeness (QED) is 0.589. The molecule has 144 valence electrons. The number of benzene rings is 2. The summed E-state index contributed by atoms with van der Waals surface area (Å²) in [6.45, 7) is 4.98. The number of aliphatic hydroxyl groups is 1. The highest BCUT2D eigenvalue weighted by Crippen LogP contribution is 2.14. The summed E-state index contributed by atoms with van der Waals surface area (Å²) in [4.78, 5) is 0.249. The zero-order valence-corrected chi connectivity index (χ0v) is 17.0. The second-order valence-electron chi connectivity index (χ2n) is 5.65.